The number of Topliss-reactive ketones (excluding diaryl/α,β-unsaturated/α-hetero) is 2. The van der Waals surface area contributed by atoms with E-state index >= 15 is 0 Å². The number of hydrogen-bond donors (Lipinski definition) is 0. The normalized spacial score (nSPS) is 25.2. The van der Waals surface area contributed by atoms with Crippen LogP contribution < -0.4 is 0 Å². The van der Waals surface area contributed by atoms with Gasteiger partial charge in [-0.15, -0.1) is 0 Å². The van der Waals surface area contributed by atoms with Gasteiger partial charge in [0.25, 0.3) is 0 Å². The number of unbranched alkanes of at least 4 members (excludes halogenated alkanes) is 1. The van der Waals surface area contributed by atoms with Crippen LogP contribution >= 0.6 is 0 Å². The summed E-state index contributed by atoms with van der Waals surface area (Å²) < 4.78 is 0. The van der Waals surface area contributed by atoms with E-state index in [9.17, 15) is 9.59 Å². The second kappa shape index (κ2) is 5.84. The molecule has 0 aliphatic heterocycles. The Labute approximate surface area is 91.7 Å². The fourth-order valence-electron chi connectivity index (χ4n) is 2.16. The van der Waals surface area contributed by atoms with Gasteiger partial charge in [0.2, 0.25) is 0 Å². The van der Waals surface area contributed by atoms with Crippen LogP contribution in [0.4, 0.5) is 0 Å². The topological polar surface area (TPSA) is 34.1 Å². The van der Waals surface area contributed by atoms with Gasteiger partial charge < -0.3 is 0 Å². The third kappa shape index (κ3) is 3.29. The molecule has 2 nitrogen and oxygen atoms in total. The lowest BCUT2D eigenvalue weighted by Crippen LogP contribution is -2.29. The molecule has 0 saturated heterocycles. The lowest BCUT2D eigenvalue weighted by molar-refractivity contribution is -0.131. The average Bonchev–Trinajstić information content (AvgIpc) is 2.25. The summed E-state index contributed by atoms with van der Waals surface area (Å²) >= 11 is 0. The monoisotopic (exact) mass is 208 g/mol. The number of rotatable bonds is 5. The van der Waals surface area contributed by atoms with Crippen LogP contribution in [-0.2, 0) is 9.59 Å². The Bertz CT molecular complexity index is 266. The van der Waals surface area contributed by atoms with Crippen LogP contribution in [-0.4, -0.2) is 11.6 Å². The minimum atomic E-state index is -0.0562. The standard InChI is InChI=1S/C13H20O2/c1-3-4-9-13(15)12-8-6-5-7-11(12)10(2)14/h5-6,11-12H,3-4,7-9H2,1-2H3. The van der Waals surface area contributed by atoms with Crippen molar-refractivity contribution in [3.05, 3.63) is 12.2 Å². The predicted molar refractivity (Wildman–Crippen MR) is 60.6 cm³/mol. The molecule has 15 heavy (non-hydrogen) atoms. The quantitative estimate of drug-likeness (QED) is 0.651. The first-order chi connectivity index (χ1) is 7.16. The average molecular weight is 208 g/mol. The zero-order valence-electron chi connectivity index (χ0n) is 9.66. The fourth-order valence-corrected chi connectivity index (χ4v) is 2.16. The van der Waals surface area contributed by atoms with E-state index in [4.69, 9.17) is 0 Å². The molecule has 2 atom stereocenters. The molecule has 0 aromatic carbocycles. The maximum Gasteiger partial charge on any atom is 0.137 e. The van der Waals surface area contributed by atoms with Gasteiger partial charge in [-0.05, 0) is 26.2 Å². The summed E-state index contributed by atoms with van der Waals surface area (Å²) in [5, 5.41) is 0. The van der Waals surface area contributed by atoms with Gasteiger partial charge in [0.05, 0.1) is 0 Å². The van der Waals surface area contributed by atoms with E-state index in [0.29, 0.717) is 6.42 Å². The van der Waals surface area contributed by atoms with E-state index in [1.54, 1.807) is 6.92 Å². The van der Waals surface area contributed by atoms with Gasteiger partial charge in [0, 0.05) is 18.3 Å². The van der Waals surface area contributed by atoms with Crippen molar-refractivity contribution in [2.24, 2.45) is 11.8 Å². The Morgan fingerprint density at radius 2 is 1.80 bits per heavy atom. The highest BCUT2D eigenvalue weighted by Crippen LogP contribution is 2.28. The molecule has 0 N–H and O–H groups in total. The smallest absolute Gasteiger partial charge is 0.137 e. The second-order valence-electron chi connectivity index (χ2n) is 4.34. The maximum absolute atomic E-state index is 11.9. The van der Waals surface area contributed by atoms with E-state index < -0.39 is 0 Å². The van der Waals surface area contributed by atoms with Crippen LogP contribution in [0, 0.1) is 11.8 Å². The minimum Gasteiger partial charge on any atom is -0.300 e. The molecule has 0 saturated carbocycles. The molecule has 2 heteroatoms. The summed E-state index contributed by atoms with van der Waals surface area (Å²) in [6.45, 7) is 3.68. The Balaban J connectivity index is 2.60. The Hall–Kier alpha value is -0.920. The molecule has 0 bridgehead atoms. The lowest BCUT2D eigenvalue weighted by atomic mass is 9.77. The first-order valence-electron chi connectivity index (χ1n) is 5.85. The van der Waals surface area contributed by atoms with Crippen LogP contribution in [0.2, 0.25) is 0 Å². The van der Waals surface area contributed by atoms with Crippen LogP contribution in [0.3, 0.4) is 0 Å². The highest BCUT2D eigenvalue weighted by molar-refractivity contribution is 5.89. The Morgan fingerprint density at radius 1 is 1.20 bits per heavy atom. The predicted octanol–water partition coefficient (Wildman–Crippen LogP) is 2.92. The summed E-state index contributed by atoms with van der Waals surface area (Å²) in [5.74, 6) is 0.342. The van der Waals surface area contributed by atoms with Crippen molar-refractivity contribution in [2.75, 3.05) is 0 Å². The molecule has 0 aromatic rings. The summed E-state index contributed by atoms with van der Waals surface area (Å²) in [5.41, 5.74) is 0. The molecule has 1 aliphatic carbocycles. The molecule has 0 fully saturated rings. The van der Waals surface area contributed by atoms with Crippen molar-refractivity contribution in [2.45, 2.75) is 46.0 Å². The van der Waals surface area contributed by atoms with Crippen LogP contribution in [0.25, 0.3) is 0 Å². The summed E-state index contributed by atoms with van der Waals surface area (Å²) in [6, 6.07) is 0. The van der Waals surface area contributed by atoms with E-state index in [2.05, 4.69) is 6.92 Å². The zero-order chi connectivity index (χ0) is 11.3. The molecule has 0 amide bonds. The van der Waals surface area contributed by atoms with E-state index in [1.165, 1.54) is 0 Å². The van der Waals surface area contributed by atoms with Gasteiger partial charge in [0.1, 0.15) is 11.6 Å². The van der Waals surface area contributed by atoms with Gasteiger partial charge in [-0.3, -0.25) is 9.59 Å². The van der Waals surface area contributed by atoms with Gasteiger partial charge in [-0.25, -0.2) is 0 Å². The van der Waals surface area contributed by atoms with E-state index in [-0.39, 0.29) is 23.4 Å². The molecular formula is C13H20O2. The largest absolute Gasteiger partial charge is 0.300 e. The summed E-state index contributed by atoms with van der Waals surface area (Å²) in [4.78, 5) is 23.3. The Morgan fingerprint density at radius 3 is 2.33 bits per heavy atom. The van der Waals surface area contributed by atoms with Gasteiger partial charge in [-0.2, -0.15) is 0 Å². The molecule has 0 spiro atoms. The van der Waals surface area contributed by atoms with E-state index in [0.717, 1.165) is 25.7 Å². The molecule has 0 heterocycles. The molecule has 1 rings (SSSR count). The highest BCUT2D eigenvalue weighted by atomic mass is 16.1. The first kappa shape index (κ1) is 12.2. The van der Waals surface area contributed by atoms with Crippen molar-refractivity contribution in [1.29, 1.82) is 0 Å². The van der Waals surface area contributed by atoms with Gasteiger partial charge in [0.15, 0.2) is 0 Å². The summed E-state index contributed by atoms with van der Waals surface area (Å²) in [7, 11) is 0. The summed E-state index contributed by atoms with van der Waals surface area (Å²) in [6.07, 6.45) is 8.19. The Kier molecular flexibility index (Phi) is 4.73. The zero-order valence-corrected chi connectivity index (χ0v) is 9.66. The fraction of sp³-hybridized carbons (Fsp3) is 0.692. The molecule has 0 aromatic heterocycles. The molecule has 0 radical (unpaired) electrons. The number of allylic oxidation sites excluding steroid dienone is 2. The number of carbonyl (C=O) groups excluding carboxylic acids is 2. The minimum absolute atomic E-state index is 0.0425. The maximum atomic E-state index is 11.9. The second-order valence-corrected chi connectivity index (χ2v) is 4.34. The SMILES string of the molecule is CCCCC(=O)C1CC=CCC1C(C)=O. The third-order valence-electron chi connectivity index (χ3n) is 3.14. The van der Waals surface area contributed by atoms with Gasteiger partial charge >= 0.3 is 0 Å². The number of carbonyl (C=O) groups is 2. The first-order valence-corrected chi connectivity index (χ1v) is 5.85. The lowest BCUT2D eigenvalue weighted by Gasteiger charge is -2.25. The molecular weight excluding hydrogens is 188 g/mol. The van der Waals surface area contributed by atoms with Crippen molar-refractivity contribution in [3.63, 3.8) is 0 Å². The van der Waals surface area contributed by atoms with Crippen LogP contribution in [0.5, 0.6) is 0 Å². The van der Waals surface area contributed by atoms with Crippen LogP contribution in [0.1, 0.15) is 46.0 Å². The van der Waals surface area contributed by atoms with Crippen molar-refractivity contribution < 1.29 is 9.59 Å². The number of hydrogen-bond acceptors (Lipinski definition) is 2. The number of ketones is 2. The molecule has 1 aliphatic rings. The molecule has 2 unspecified atom stereocenters. The molecule has 84 valence electrons. The van der Waals surface area contributed by atoms with Gasteiger partial charge in [-0.1, -0.05) is 25.5 Å². The van der Waals surface area contributed by atoms with E-state index in [1.807, 2.05) is 12.2 Å². The highest BCUT2D eigenvalue weighted by Gasteiger charge is 2.30. The third-order valence-corrected chi connectivity index (χ3v) is 3.14. The van der Waals surface area contributed by atoms with Crippen molar-refractivity contribution >= 4 is 11.6 Å². The van der Waals surface area contributed by atoms with Crippen LogP contribution in [0.15, 0.2) is 12.2 Å². The van der Waals surface area contributed by atoms with Crippen molar-refractivity contribution in [1.82, 2.24) is 0 Å². The van der Waals surface area contributed by atoms with Crippen molar-refractivity contribution in [3.8, 4) is 0 Å².